The zero-order valence-corrected chi connectivity index (χ0v) is 10.9. The third kappa shape index (κ3) is 3.22. The maximum atomic E-state index is 13.1. The molecule has 0 aromatic heterocycles. The molecule has 19 heavy (non-hydrogen) atoms. The van der Waals surface area contributed by atoms with Crippen molar-refractivity contribution in [3.05, 3.63) is 63.6 Å². The van der Waals surface area contributed by atoms with E-state index in [2.05, 4.69) is 5.32 Å². The van der Waals surface area contributed by atoms with Gasteiger partial charge in [-0.15, -0.1) is 0 Å². The van der Waals surface area contributed by atoms with Crippen molar-refractivity contribution in [2.24, 2.45) is 0 Å². The Morgan fingerprint density at radius 3 is 2.21 bits per heavy atom. The van der Waals surface area contributed by atoms with Crippen LogP contribution in [0, 0.1) is 11.6 Å². The van der Waals surface area contributed by atoms with E-state index >= 15 is 0 Å². The van der Waals surface area contributed by atoms with E-state index in [4.69, 9.17) is 23.2 Å². The quantitative estimate of drug-likeness (QED) is 0.812. The van der Waals surface area contributed by atoms with Crippen LogP contribution in [-0.2, 0) is 0 Å². The van der Waals surface area contributed by atoms with Gasteiger partial charge in [0, 0.05) is 10.7 Å². The molecule has 0 radical (unpaired) electrons. The van der Waals surface area contributed by atoms with E-state index in [1.807, 2.05) is 0 Å². The van der Waals surface area contributed by atoms with Crippen LogP contribution in [0.4, 0.5) is 14.5 Å². The van der Waals surface area contributed by atoms with Gasteiger partial charge in [-0.3, -0.25) is 4.79 Å². The zero-order chi connectivity index (χ0) is 14.0. The van der Waals surface area contributed by atoms with Crippen LogP contribution in [0.1, 0.15) is 10.4 Å². The van der Waals surface area contributed by atoms with Crippen LogP contribution in [0.25, 0.3) is 0 Å². The summed E-state index contributed by atoms with van der Waals surface area (Å²) in [6.07, 6.45) is 0. The van der Waals surface area contributed by atoms with Crippen LogP contribution in [0.5, 0.6) is 0 Å². The second-order valence-electron chi connectivity index (χ2n) is 3.71. The van der Waals surface area contributed by atoms with Gasteiger partial charge in [-0.2, -0.15) is 0 Å². The van der Waals surface area contributed by atoms with Crippen LogP contribution in [0.2, 0.25) is 10.0 Å². The van der Waals surface area contributed by atoms with E-state index in [-0.39, 0.29) is 10.6 Å². The summed E-state index contributed by atoms with van der Waals surface area (Å²) in [6, 6.07) is 7.84. The first-order chi connectivity index (χ1) is 8.97. The van der Waals surface area contributed by atoms with Crippen molar-refractivity contribution in [3.8, 4) is 0 Å². The van der Waals surface area contributed by atoms with E-state index in [9.17, 15) is 13.6 Å². The number of nitrogens with one attached hydrogen (secondary N) is 1. The van der Waals surface area contributed by atoms with Crippen molar-refractivity contribution in [2.75, 3.05) is 5.32 Å². The molecule has 0 aliphatic heterocycles. The number of hydrogen-bond acceptors (Lipinski definition) is 1. The van der Waals surface area contributed by atoms with E-state index in [1.54, 1.807) is 24.3 Å². The highest BCUT2D eigenvalue weighted by Crippen LogP contribution is 2.21. The van der Waals surface area contributed by atoms with E-state index in [0.29, 0.717) is 10.7 Å². The normalized spacial score (nSPS) is 10.3. The van der Waals surface area contributed by atoms with Gasteiger partial charge in [0.15, 0.2) is 11.6 Å². The van der Waals surface area contributed by atoms with Gasteiger partial charge < -0.3 is 5.32 Å². The predicted octanol–water partition coefficient (Wildman–Crippen LogP) is 4.52. The molecule has 0 aliphatic carbocycles. The van der Waals surface area contributed by atoms with E-state index in [0.717, 1.165) is 12.1 Å². The molecule has 2 rings (SSSR count). The highest BCUT2D eigenvalue weighted by Gasteiger charge is 2.15. The number of benzene rings is 2. The summed E-state index contributed by atoms with van der Waals surface area (Å²) in [7, 11) is 0. The van der Waals surface area contributed by atoms with Crippen molar-refractivity contribution >= 4 is 34.8 Å². The fourth-order valence-corrected chi connectivity index (χ4v) is 1.79. The third-order valence-electron chi connectivity index (χ3n) is 2.36. The molecule has 0 heterocycles. The van der Waals surface area contributed by atoms with Crippen LogP contribution >= 0.6 is 23.2 Å². The molecule has 1 amide bonds. The summed E-state index contributed by atoms with van der Waals surface area (Å²) >= 11 is 11.4. The Morgan fingerprint density at radius 1 is 1.00 bits per heavy atom. The van der Waals surface area contributed by atoms with Crippen molar-refractivity contribution < 1.29 is 13.6 Å². The maximum absolute atomic E-state index is 13.1. The van der Waals surface area contributed by atoms with Gasteiger partial charge in [0.05, 0.1) is 10.6 Å². The van der Waals surface area contributed by atoms with Gasteiger partial charge >= 0.3 is 0 Å². The number of amides is 1. The maximum Gasteiger partial charge on any atom is 0.257 e. The predicted molar refractivity (Wildman–Crippen MR) is 70.8 cm³/mol. The minimum atomic E-state index is -1.13. The Bertz CT molecular complexity index is 629. The smallest absolute Gasteiger partial charge is 0.257 e. The average molecular weight is 302 g/mol. The summed E-state index contributed by atoms with van der Waals surface area (Å²) in [5, 5.41) is 2.86. The highest BCUT2D eigenvalue weighted by atomic mass is 35.5. The molecular weight excluding hydrogens is 295 g/mol. The molecule has 0 unspecified atom stereocenters. The fourth-order valence-electron chi connectivity index (χ4n) is 1.43. The Morgan fingerprint density at radius 2 is 1.58 bits per heavy atom. The Kier molecular flexibility index (Phi) is 4.02. The number of hydrogen-bond donors (Lipinski definition) is 1. The first-order valence-corrected chi connectivity index (χ1v) is 5.94. The second kappa shape index (κ2) is 5.55. The second-order valence-corrected chi connectivity index (χ2v) is 4.55. The number of carbonyl (C=O) groups is 1. The molecule has 2 aromatic rings. The van der Waals surface area contributed by atoms with Gasteiger partial charge in [0.2, 0.25) is 0 Å². The lowest BCUT2D eigenvalue weighted by Crippen LogP contribution is -2.13. The SMILES string of the molecule is O=C(Nc1ccc(Cl)cc1)c1cc(F)c(F)cc1Cl. The molecule has 1 N–H and O–H groups in total. The van der Waals surface area contributed by atoms with Crippen molar-refractivity contribution in [3.63, 3.8) is 0 Å². The summed E-state index contributed by atoms with van der Waals surface area (Å²) in [4.78, 5) is 11.9. The van der Waals surface area contributed by atoms with Crippen LogP contribution in [0.3, 0.4) is 0 Å². The lowest BCUT2D eigenvalue weighted by molar-refractivity contribution is 0.102. The third-order valence-corrected chi connectivity index (χ3v) is 2.92. The van der Waals surface area contributed by atoms with E-state index in [1.165, 1.54) is 0 Å². The van der Waals surface area contributed by atoms with Gasteiger partial charge in [-0.05, 0) is 36.4 Å². The Balaban J connectivity index is 2.25. The lowest BCUT2D eigenvalue weighted by atomic mass is 10.2. The molecule has 0 saturated carbocycles. The number of rotatable bonds is 2. The van der Waals surface area contributed by atoms with Gasteiger partial charge in [-0.25, -0.2) is 8.78 Å². The minimum absolute atomic E-state index is 0.143. The molecule has 0 aliphatic rings. The molecule has 0 spiro atoms. The largest absolute Gasteiger partial charge is 0.322 e. The summed E-state index contributed by atoms with van der Waals surface area (Å²) < 4.78 is 26.0. The van der Waals surface area contributed by atoms with Gasteiger partial charge in [-0.1, -0.05) is 23.2 Å². The molecular formula is C13H7Cl2F2NO. The Labute approximate surface area is 118 Å². The molecule has 0 atom stereocenters. The van der Waals surface area contributed by atoms with Crippen LogP contribution in [-0.4, -0.2) is 5.91 Å². The summed E-state index contributed by atoms with van der Waals surface area (Å²) in [5.41, 5.74) is 0.325. The topological polar surface area (TPSA) is 29.1 Å². The van der Waals surface area contributed by atoms with Crippen LogP contribution < -0.4 is 5.32 Å². The average Bonchev–Trinajstić information content (AvgIpc) is 2.36. The molecule has 98 valence electrons. The molecule has 0 bridgehead atoms. The van der Waals surface area contributed by atoms with E-state index < -0.39 is 17.5 Å². The van der Waals surface area contributed by atoms with Crippen molar-refractivity contribution in [1.82, 2.24) is 0 Å². The summed E-state index contributed by atoms with van der Waals surface area (Å²) in [6.45, 7) is 0. The molecule has 0 saturated heterocycles. The number of carbonyl (C=O) groups excluding carboxylic acids is 1. The molecule has 2 nitrogen and oxygen atoms in total. The first-order valence-electron chi connectivity index (χ1n) is 5.19. The minimum Gasteiger partial charge on any atom is -0.322 e. The monoisotopic (exact) mass is 301 g/mol. The van der Waals surface area contributed by atoms with Crippen molar-refractivity contribution in [2.45, 2.75) is 0 Å². The first kappa shape index (κ1) is 13.8. The number of halogens is 4. The summed E-state index contributed by atoms with van der Waals surface area (Å²) in [5.74, 6) is -2.87. The highest BCUT2D eigenvalue weighted by molar-refractivity contribution is 6.34. The Hall–Kier alpha value is -1.65. The van der Waals surface area contributed by atoms with Crippen molar-refractivity contribution in [1.29, 1.82) is 0 Å². The fraction of sp³-hybridized carbons (Fsp3) is 0. The molecule has 6 heteroatoms. The standard InChI is InChI=1S/C13H7Cl2F2NO/c14-7-1-3-8(4-2-7)18-13(19)9-5-11(16)12(17)6-10(9)15/h1-6H,(H,18,19). The number of anilines is 1. The van der Waals surface area contributed by atoms with Gasteiger partial charge in [0.25, 0.3) is 5.91 Å². The lowest BCUT2D eigenvalue weighted by Gasteiger charge is -2.07. The molecule has 2 aromatic carbocycles. The van der Waals surface area contributed by atoms with Crippen LogP contribution in [0.15, 0.2) is 36.4 Å². The zero-order valence-electron chi connectivity index (χ0n) is 9.38. The molecule has 0 fully saturated rings. The van der Waals surface area contributed by atoms with Gasteiger partial charge in [0.1, 0.15) is 0 Å².